The molecule has 8 unspecified atom stereocenters. The van der Waals surface area contributed by atoms with Crippen molar-refractivity contribution >= 4 is 8.32 Å². The number of hydrogen-bond donors (Lipinski definition) is 2. The second-order valence-electron chi connectivity index (χ2n) is 14.6. The standard InChI is InChI=1S/C28H48O5Si/c1-25(2,3)34(8,9)33-19-11-10-16-20-17(12-14-27(16,19)6)28(7)15-13-18(29)22(30)21(28)24-23(20)31-26(4,5)32-24/h12,16,18-24,29-30H,10-11,13-15H2,1-9H3/t16?,18?,19?,20?,21?,22?,23?,24?,27-,28+/m0/s1. The number of aliphatic hydroxyl groups excluding tert-OH is 2. The minimum Gasteiger partial charge on any atom is -0.413 e. The van der Waals surface area contributed by atoms with Gasteiger partial charge in [0.25, 0.3) is 0 Å². The second kappa shape index (κ2) is 7.64. The lowest BCUT2D eigenvalue weighted by atomic mass is 9.47. The summed E-state index contributed by atoms with van der Waals surface area (Å²) in [6.07, 6.45) is 5.81. The highest BCUT2D eigenvalue weighted by Gasteiger charge is 2.68. The average molecular weight is 493 g/mol. The van der Waals surface area contributed by atoms with Gasteiger partial charge in [0.2, 0.25) is 0 Å². The van der Waals surface area contributed by atoms with E-state index in [4.69, 9.17) is 13.9 Å². The molecule has 4 aliphatic carbocycles. The van der Waals surface area contributed by atoms with Crippen molar-refractivity contribution in [3.63, 3.8) is 0 Å². The summed E-state index contributed by atoms with van der Waals surface area (Å²) in [7, 11) is -1.88. The van der Waals surface area contributed by atoms with Crippen molar-refractivity contribution in [1.29, 1.82) is 0 Å². The van der Waals surface area contributed by atoms with Gasteiger partial charge in [0.05, 0.1) is 30.5 Å². The van der Waals surface area contributed by atoms with Crippen LogP contribution in [-0.2, 0) is 13.9 Å². The van der Waals surface area contributed by atoms with Crippen LogP contribution < -0.4 is 0 Å². The molecule has 0 spiro atoms. The molecule has 0 aromatic rings. The lowest BCUT2D eigenvalue weighted by molar-refractivity contribution is -0.176. The molecule has 6 heteroatoms. The normalized spacial score (nSPS) is 50.1. The Morgan fingerprint density at radius 2 is 1.65 bits per heavy atom. The van der Waals surface area contributed by atoms with Gasteiger partial charge in [-0.1, -0.05) is 46.3 Å². The molecule has 0 bridgehead atoms. The van der Waals surface area contributed by atoms with Crippen LogP contribution in [0.2, 0.25) is 18.1 Å². The van der Waals surface area contributed by atoms with Crippen molar-refractivity contribution in [2.75, 3.05) is 0 Å². The fourth-order valence-electron chi connectivity index (χ4n) is 8.20. The lowest BCUT2D eigenvalue weighted by Crippen LogP contribution is -2.64. The van der Waals surface area contributed by atoms with Gasteiger partial charge in [0.1, 0.15) is 0 Å². The van der Waals surface area contributed by atoms with Crippen LogP contribution in [0.25, 0.3) is 0 Å². The van der Waals surface area contributed by atoms with E-state index in [9.17, 15) is 10.2 Å². The molecule has 194 valence electrons. The smallest absolute Gasteiger partial charge is 0.192 e. The fourth-order valence-corrected chi connectivity index (χ4v) is 9.65. The molecule has 5 aliphatic rings. The number of aliphatic hydroxyl groups is 2. The van der Waals surface area contributed by atoms with E-state index >= 15 is 0 Å². The first kappa shape index (κ1) is 25.4. The molecule has 5 rings (SSSR count). The highest BCUT2D eigenvalue weighted by Crippen LogP contribution is 2.67. The van der Waals surface area contributed by atoms with E-state index in [0.29, 0.717) is 12.3 Å². The molecule has 0 amide bonds. The molecule has 0 radical (unpaired) electrons. The average Bonchev–Trinajstić information content (AvgIpc) is 3.19. The first-order chi connectivity index (χ1) is 15.5. The third-order valence-electron chi connectivity index (χ3n) is 11.1. The largest absolute Gasteiger partial charge is 0.413 e. The molecule has 0 aromatic heterocycles. The molecule has 5 nitrogen and oxygen atoms in total. The monoisotopic (exact) mass is 492 g/mol. The number of hydrogen-bond acceptors (Lipinski definition) is 5. The van der Waals surface area contributed by atoms with E-state index in [1.807, 2.05) is 13.8 Å². The molecule has 3 saturated carbocycles. The first-order valence-corrected chi connectivity index (χ1v) is 16.5. The van der Waals surface area contributed by atoms with E-state index < -0.39 is 26.3 Å². The third-order valence-corrected chi connectivity index (χ3v) is 15.6. The molecule has 4 fully saturated rings. The maximum atomic E-state index is 11.2. The van der Waals surface area contributed by atoms with Gasteiger partial charge in [-0.25, -0.2) is 0 Å². The van der Waals surface area contributed by atoms with Gasteiger partial charge in [-0.05, 0) is 80.8 Å². The van der Waals surface area contributed by atoms with Gasteiger partial charge >= 0.3 is 0 Å². The van der Waals surface area contributed by atoms with Crippen LogP contribution in [0.3, 0.4) is 0 Å². The minimum atomic E-state index is -1.88. The van der Waals surface area contributed by atoms with Crippen LogP contribution in [-0.4, -0.2) is 54.8 Å². The first-order valence-electron chi connectivity index (χ1n) is 13.6. The summed E-state index contributed by atoms with van der Waals surface area (Å²) in [5.41, 5.74) is 1.37. The van der Waals surface area contributed by atoms with Gasteiger partial charge in [-0.3, -0.25) is 0 Å². The Bertz CT molecular complexity index is 861. The Balaban J connectivity index is 1.55. The molecule has 0 aromatic carbocycles. The molecule has 2 N–H and O–H groups in total. The highest BCUT2D eigenvalue weighted by molar-refractivity contribution is 6.74. The fraction of sp³-hybridized carbons (Fsp3) is 0.929. The van der Waals surface area contributed by atoms with Crippen molar-refractivity contribution in [1.82, 2.24) is 0 Å². The minimum absolute atomic E-state index is 0.0837. The summed E-state index contributed by atoms with van der Waals surface area (Å²) in [5.74, 6) is -0.0658. The van der Waals surface area contributed by atoms with E-state index in [1.165, 1.54) is 5.57 Å². The number of ether oxygens (including phenoxy) is 2. The Kier molecular flexibility index (Phi) is 5.71. The van der Waals surface area contributed by atoms with Crippen molar-refractivity contribution in [2.45, 2.75) is 135 Å². The highest BCUT2D eigenvalue weighted by atomic mass is 28.4. The summed E-state index contributed by atoms with van der Waals surface area (Å²) < 4.78 is 20.3. The molecule has 1 heterocycles. The maximum absolute atomic E-state index is 11.2. The second-order valence-corrected chi connectivity index (χ2v) is 19.3. The van der Waals surface area contributed by atoms with E-state index in [1.54, 1.807) is 0 Å². The third kappa shape index (κ3) is 3.49. The van der Waals surface area contributed by atoms with Crippen molar-refractivity contribution in [3.8, 4) is 0 Å². The molecule has 34 heavy (non-hydrogen) atoms. The quantitative estimate of drug-likeness (QED) is 0.398. The van der Waals surface area contributed by atoms with Crippen LogP contribution in [0.15, 0.2) is 11.6 Å². The van der Waals surface area contributed by atoms with Crippen molar-refractivity contribution in [3.05, 3.63) is 11.6 Å². The molecular formula is C28H48O5Si. The summed E-state index contributed by atoms with van der Waals surface area (Å²) in [5, 5.41) is 22.0. The number of allylic oxidation sites excluding steroid dienone is 1. The summed E-state index contributed by atoms with van der Waals surface area (Å²) in [6, 6.07) is 0. The van der Waals surface area contributed by atoms with Crippen LogP contribution in [0.4, 0.5) is 0 Å². The van der Waals surface area contributed by atoms with E-state index in [2.05, 4.69) is 53.8 Å². The van der Waals surface area contributed by atoms with Crippen LogP contribution in [0.5, 0.6) is 0 Å². The van der Waals surface area contributed by atoms with Gasteiger partial charge < -0.3 is 24.1 Å². The zero-order valence-corrected chi connectivity index (χ0v) is 23.9. The molecular weight excluding hydrogens is 444 g/mol. The maximum Gasteiger partial charge on any atom is 0.192 e. The molecule has 1 aliphatic heterocycles. The lowest BCUT2D eigenvalue weighted by Gasteiger charge is -2.60. The summed E-state index contributed by atoms with van der Waals surface area (Å²) >= 11 is 0. The van der Waals surface area contributed by atoms with Gasteiger partial charge in [-0.2, -0.15) is 0 Å². The van der Waals surface area contributed by atoms with Crippen LogP contribution in [0.1, 0.15) is 80.6 Å². The van der Waals surface area contributed by atoms with E-state index in [0.717, 1.165) is 25.7 Å². The number of rotatable bonds is 2. The molecule has 10 atom stereocenters. The Hall–Kier alpha value is -0.243. The Labute approximate surface area is 207 Å². The van der Waals surface area contributed by atoms with Gasteiger partial charge in [-0.15, -0.1) is 0 Å². The van der Waals surface area contributed by atoms with Crippen LogP contribution >= 0.6 is 0 Å². The zero-order chi connectivity index (χ0) is 25.1. The van der Waals surface area contributed by atoms with Gasteiger partial charge in [0, 0.05) is 11.8 Å². The Morgan fingerprint density at radius 3 is 2.29 bits per heavy atom. The van der Waals surface area contributed by atoms with Crippen LogP contribution in [0, 0.1) is 28.6 Å². The summed E-state index contributed by atoms with van der Waals surface area (Å²) in [6.45, 7) is 20.5. The Morgan fingerprint density at radius 1 is 1.00 bits per heavy atom. The number of fused-ring (bicyclic) bond motifs is 8. The van der Waals surface area contributed by atoms with Crippen molar-refractivity contribution < 1.29 is 24.1 Å². The predicted octanol–water partition coefficient (Wildman–Crippen LogP) is 5.41. The zero-order valence-electron chi connectivity index (χ0n) is 22.9. The summed E-state index contributed by atoms with van der Waals surface area (Å²) in [4.78, 5) is 0. The molecule has 1 saturated heterocycles. The predicted molar refractivity (Wildman–Crippen MR) is 136 cm³/mol. The van der Waals surface area contributed by atoms with Crippen molar-refractivity contribution in [2.24, 2.45) is 28.6 Å². The van der Waals surface area contributed by atoms with E-state index in [-0.39, 0.29) is 46.0 Å². The van der Waals surface area contributed by atoms with Gasteiger partial charge in [0.15, 0.2) is 14.1 Å². The topological polar surface area (TPSA) is 68.2 Å². The SMILES string of the molecule is CC1(C)OC2C(O1)C1C(O)C(O)CC[C@]1(C)C1=CC[C@]3(C)C(O[Si](C)(C)C(C)(C)C)CCC3C12.